The summed E-state index contributed by atoms with van der Waals surface area (Å²) in [5.41, 5.74) is 1.86. The van der Waals surface area contributed by atoms with E-state index in [2.05, 4.69) is 5.16 Å². The van der Waals surface area contributed by atoms with Gasteiger partial charge in [0.2, 0.25) is 0 Å². The van der Waals surface area contributed by atoms with Crippen LogP contribution in [-0.2, 0) is 0 Å². The van der Waals surface area contributed by atoms with Crippen molar-refractivity contribution in [2.75, 3.05) is 21.3 Å². The van der Waals surface area contributed by atoms with Crippen LogP contribution in [0.15, 0.2) is 53.7 Å². The van der Waals surface area contributed by atoms with E-state index >= 15 is 0 Å². The van der Waals surface area contributed by atoms with Gasteiger partial charge in [-0.1, -0.05) is 41.6 Å². The number of benzene rings is 2. The monoisotopic (exact) mass is 313 g/mol. The molecule has 0 amide bonds. The van der Waals surface area contributed by atoms with Crippen molar-refractivity contribution in [3.8, 4) is 17.2 Å². The maximum absolute atomic E-state index is 9.42. The van der Waals surface area contributed by atoms with Crippen LogP contribution in [0.25, 0.3) is 6.08 Å². The van der Waals surface area contributed by atoms with Crippen molar-refractivity contribution >= 4 is 11.8 Å². The molecule has 2 aromatic carbocycles. The third-order valence-electron chi connectivity index (χ3n) is 3.31. The topological polar surface area (TPSA) is 60.3 Å². The summed E-state index contributed by atoms with van der Waals surface area (Å²) in [7, 11) is 4.63. The molecular formula is C18H19NO4. The van der Waals surface area contributed by atoms with Gasteiger partial charge in [-0.2, -0.15) is 0 Å². The minimum Gasteiger partial charge on any atom is -0.496 e. The lowest BCUT2D eigenvalue weighted by Gasteiger charge is -2.14. The van der Waals surface area contributed by atoms with Gasteiger partial charge in [-0.25, -0.2) is 0 Å². The van der Waals surface area contributed by atoms with Crippen molar-refractivity contribution in [3.63, 3.8) is 0 Å². The van der Waals surface area contributed by atoms with Crippen LogP contribution in [0.5, 0.6) is 17.2 Å². The summed E-state index contributed by atoms with van der Waals surface area (Å²) in [6, 6.07) is 13.1. The molecule has 0 heterocycles. The van der Waals surface area contributed by atoms with Crippen LogP contribution in [0.1, 0.15) is 11.1 Å². The van der Waals surface area contributed by atoms with Gasteiger partial charge in [0, 0.05) is 12.1 Å². The van der Waals surface area contributed by atoms with Gasteiger partial charge in [-0.05, 0) is 11.6 Å². The van der Waals surface area contributed by atoms with E-state index in [0.29, 0.717) is 28.5 Å². The molecule has 120 valence electrons. The molecular weight excluding hydrogens is 294 g/mol. The molecule has 2 rings (SSSR count). The van der Waals surface area contributed by atoms with E-state index in [4.69, 9.17) is 14.2 Å². The predicted octanol–water partition coefficient (Wildman–Crippen LogP) is 3.60. The fourth-order valence-electron chi connectivity index (χ4n) is 2.16. The lowest BCUT2D eigenvalue weighted by molar-refractivity contribution is 0.318. The quantitative estimate of drug-likeness (QED) is 0.503. The summed E-state index contributed by atoms with van der Waals surface area (Å²) < 4.78 is 16.0. The Hall–Kier alpha value is -2.95. The first-order valence-corrected chi connectivity index (χ1v) is 6.99. The molecule has 0 aliphatic carbocycles. The van der Waals surface area contributed by atoms with Gasteiger partial charge in [0.1, 0.15) is 23.0 Å². The maximum Gasteiger partial charge on any atom is 0.135 e. The normalized spacial score (nSPS) is 11.5. The number of methoxy groups -OCH3 is 3. The fraction of sp³-hybridized carbons (Fsp3) is 0.167. The van der Waals surface area contributed by atoms with Crippen LogP contribution in [-0.4, -0.2) is 32.2 Å². The largest absolute Gasteiger partial charge is 0.496 e. The van der Waals surface area contributed by atoms with Gasteiger partial charge in [-0.3, -0.25) is 0 Å². The van der Waals surface area contributed by atoms with Gasteiger partial charge in [-0.15, -0.1) is 0 Å². The fourth-order valence-corrected chi connectivity index (χ4v) is 2.16. The van der Waals surface area contributed by atoms with Crippen LogP contribution in [0, 0.1) is 0 Å². The minimum absolute atomic E-state index is 0.324. The van der Waals surface area contributed by atoms with E-state index in [1.165, 1.54) is 14.2 Å². The van der Waals surface area contributed by atoms with Crippen molar-refractivity contribution in [3.05, 3.63) is 59.7 Å². The number of hydrogen-bond donors (Lipinski definition) is 1. The summed E-state index contributed by atoms with van der Waals surface area (Å²) in [5, 5.41) is 12.8. The van der Waals surface area contributed by atoms with E-state index < -0.39 is 0 Å². The van der Waals surface area contributed by atoms with E-state index in [1.807, 2.05) is 36.4 Å². The Morgan fingerprint density at radius 1 is 0.957 bits per heavy atom. The second kappa shape index (κ2) is 7.89. The Balaban J connectivity index is 2.47. The Morgan fingerprint density at radius 2 is 1.57 bits per heavy atom. The molecule has 0 spiro atoms. The SMILES string of the molecule is COc1cc(OC)c(C(/C=C/c2ccccc2)=N/O)c(OC)c1. The number of allylic oxidation sites excluding steroid dienone is 1. The second-order valence-corrected chi connectivity index (χ2v) is 4.64. The van der Waals surface area contributed by atoms with Gasteiger partial charge in [0.15, 0.2) is 0 Å². The lowest BCUT2D eigenvalue weighted by Crippen LogP contribution is -2.05. The standard InChI is InChI=1S/C18H19NO4/c1-21-14-11-16(22-2)18(17(12-14)23-3)15(19-20)10-9-13-7-5-4-6-8-13/h4-12,20H,1-3H3/b10-9+,19-15+. The zero-order chi connectivity index (χ0) is 16.7. The zero-order valence-corrected chi connectivity index (χ0v) is 13.3. The zero-order valence-electron chi connectivity index (χ0n) is 13.3. The molecule has 0 aromatic heterocycles. The maximum atomic E-state index is 9.42. The first kappa shape index (κ1) is 16.4. The summed E-state index contributed by atoms with van der Waals surface area (Å²) >= 11 is 0. The minimum atomic E-state index is 0.324. The number of rotatable bonds is 6. The van der Waals surface area contributed by atoms with E-state index in [1.54, 1.807) is 25.3 Å². The molecule has 0 unspecified atom stereocenters. The Morgan fingerprint density at radius 3 is 2.04 bits per heavy atom. The van der Waals surface area contributed by atoms with Crippen molar-refractivity contribution < 1.29 is 19.4 Å². The van der Waals surface area contributed by atoms with E-state index in [-0.39, 0.29) is 0 Å². The Labute approximate surface area is 135 Å². The first-order chi connectivity index (χ1) is 11.2. The van der Waals surface area contributed by atoms with Gasteiger partial charge in [0.05, 0.1) is 26.9 Å². The molecule has 0 aliphatic rings. The molecule has 2 aromatic rings. The van der Waals surface area contributed by atoms with Crippen molar-refractivity contribution in [1.29, 1.82) is 0 Å². The van der Waals surface area contributed by atoms with Crippen LogP contribution in [0.3, 0.4) is 0 Å². The van der Waals surface area contributed by atoms with Crippen LogP contribution >= 0.6 is 0 Å². The third kappa shape index (κ3) is 3.83. The lowest BCUT2D eigenvalue weighted by atomic mass is 10.1. The molecule has 0 atom stereocenters. The molecule has 5 nitrogen and oxygen atoms in total. The number of oxime groups is 1. The summed E-state index contributed by atoms with van der Waals surface area (Å²) in [5.74, 6) is 1.57. The average Bonchev–Trinajstić information content (AvgIpc) is 2.62. The molecule has 5 heteroatoms. The third-order valence-corrected chi connectivity index (χ3v) is 3.31. The van der Waals surface area contributed by atoms with Crippen molar-refractivity contribution in [2.45, 2.75) is 0 Å². The molecule has 0 saturated carbocycles. The molecule has 0 saturated heterocycles. The van der Waals surface area contributed by atoms with E-state index in [0.717, 1.165) is 5.56 Å². The number of hydrogen-bond acceptors (Lipinski definition) is 5. The Kier molecular flexibility index (Phi) is 5.63. The van der Waals surface area contributed by atoms with Gasteiger partial charge < -0.3 is 19.4 Å². The van der Waals surface area contributed by atoms with Crippen LogP contribution in [0.2, 0.25) is 0 Å². The summed E-state index contributed by atoms with van der Waals surface area (Å²) in [6.07, 6.45) is 3.54. The summed E-state index contributed by atoms with van der Waals surface area (Å²) in [6.45, 7) is 0. The average molecular weight is 313 g/mol. The van der Waals surface area contributed by atoms with Crippen LogP contribution < -0.4 is 14.2 Å². The molecule has 1 N–H and O–H groups in total. The van der Waals surface area contributed by atoms with Gasteiger partial charge >= 0.3 is 0 Å². The molecule has 0 fully saturated rings. The number of nitrogens with zero attached hydrogens (tertiary/aromatic N) is 1. The molecule has 0 bridgehead atoms. The highest BCUT2D eigenvalue weighted by molar-refractivity contribution is 6.14. The van der Waals surface area contributed by atoms with E-state index in [9.17, 15) is 5.21 Å². The highest BCUT2D eigenvalue weighted by Crippen LogP contribution is 2.34. The highest BCUT2D eigenvalue weighted by atomic mass is 16.5. The number of ether oxygens (including phenoxy) is 3. The smallest absolute Gasteiger partial charge is 0.135 e. The highest BCUT2D eigenvalue weighted by Gasteiger charge is 2.17. The molecule has 23 heavy (non-hydrogen) atoms. The molecule has 0 radical (unpaired) electrons. The van der Waals surface area contributed by atoms with Crippen LogP contribution in [0.4, 0.5) is 0 Å². The van der Waals surface area contributed by atoms with Crippen molar-refractivity contribution in [1.82, 2.24) is 0 Å². The van der Waals surface area contributed by atoms with Crippen molar-refractivity contribution in [2.24, 2.45) is 5.16 Å². The Bertz CT molecular complexity index is 683. The molecule has 0 aliphatic heterocycles. The summed E-state index contributed by atoms with van der Waals surface area (Å²) in [4.78, 5) is 0. The van der Waals surface area contributed by atoms with Gasteiger partial charge in [0.25, 0.3) is 0 Å². The second-order valence-electron chi connectivity index (χ2n) is 4.64. The predicted molar refractivity (Wildman–Crippen MR) is 89.9 cm³/mol. The first-order valence-electron chi connectivity index (χ1n) is 6.99.